The van der Waals surface area contributed by atoms with Crippen LogP contribution in [0.1, 0.15) is 46.3 Å². The van der Waals surface area contributed by atoms with Crippen molar-refractivity contribution in [2.45, 2.75) is 31.8 Å². The van der Waals surface area contributed by atoms with Crippen LogP contribution in [0.25, 0.3) is 11.1 Å². The highest BCUT2D eigenvalue weighted by molar-refractivity contribution is 5.87. The Hall–Kier alpha value is -4.13. The number of carbonyl (C=O) groups is 3. The van der Waals surface area contributed by atoms with E-state index in [1.807, 2.05) is 24.3 Å². The number of carboxylic acids is 1. The molecule has 174 valence electrons. The van der Waals surface area contributed by atoms with Crippen molar-refractivity contribution < 1.29 is 24.2 Å². The van der Waals surface area contributed by atoms with Crippen molar-refractivity contribution in [3.8, 4) is 11.1 Å². The van der Waals surface area contributed by atoms with E-state index in [0.717, 1.165) is 27.8 Å². The van der Waals surface area contributed by atoms with Gasteiger partial charge in [-0.3, -0.25) is 4.79 Å². The summed E-state index contributed by atoms with van der Waals surface area (Å²) in [6.45, 7) is 2.23. The lowest BCUT2D eigenvalue weighted by Crippen LogP contribution is -2.37. The van der Waals surface area contributed by atoms with E-state index in [1.54, 1.807) is 19.1 Å². The third kappa shape index (κ3) is 5.26. The minimum atomic E-state index is -0.997. The van der Waals surface area contributed by atoms with Crippen LogP contribution < -0.4 is 10.6 Å². The van der Waals surface area contributed by atoms with Gasteiger partial charge in [0.1, 0.15) is 6.61 Å². The molecule has 3 aromatic rings. The summed E-state index contributed by atoms with van der Waals surface area (Å²) < 4.78 is 5.52. The van der Waals surface area contributed by atoms with E-state index < -0.39 is 18.1 Å². The Kier molecular flexibility index (Phi) is 6.92. The van der Waals surface area contributed by atoms with Crippen LogP contribution in [0.15, 0.2) is 72.8 Å². The molecule has 0 aromatic heterocycles. The highest BCUT2D eigenvalue weighted by Crippen LogP contribution is 2.44. The fourth-order valence-electron chi connectivity index (χ4n) is 4.21. The number of hydrogen-bond acceptors (Lipinski definition) is 4. The van der Waals surface area contributed by atoms with Crippen LogP contribution in [0.2, 0.25) is 0 Å². The van der Waals surface area contributed by atoms with Crippen LogP contribution in [0.3, 0.4) is 0 Å². The predicted octanol–water partition coefficient (Wildman–Crippen LogP) is 4.32. The summed E-state index contributed by atoms with van der Waals surface area (Å²) in [5.74, 6) is -1.25. The molecular weight excluding hydrogens is 432 g/mol. The van der Waals surface area contributed by atoms with Crippen LogP contribution in [-0.4, -0.2) is 35.7 Å². The lowest BCUT2D eigenvalue weighted by atomic mass is 9.98. The number of alkyl carbamates (subject to hydrolysis) is 1. The number of carboxylic acid groups (broad SMARTS) is 1. The molecule has 3 N–H and O–H groups in total. The quantitative estimate of drug-likeness (QED) is 0.466. The first-order valence-corrected chi connectivity index (χ1v) is 11.1. The summed E-state index contributed by atoms with van der Waals surface area (Å²) in [4.78, 5) is 35.5. The summed E-state index contributed by atoms with van der Waals surface area (Å²) in [5, 5.41) is 14.4. The Morgan fingerprint density at radius 1 is 0.912 bits per heavy atom. The predicted molar refractivity (Wildman–Crippen MR) is 128 cm³/mol. The summed E-state index contributed by atoms with van der Waals surface area (Å²) in [6, 6.07) is 22.1. The maximum Gasteiger partial charge on any atom is 0.407 e. The van der Waals surface area contributed by atoms with E-state index in [9.17, 15) is 14.4 Å². The highest BCUT2D eigenvalue weighted by Gasteiger charge is 2.29. The maximum absolute atomic E-state index is 12.4. The molecule has 0 saturated carbocycles. The molecular formula is C27H26N2O5. The largest absolute Gasteiger partial charge is 0.478 e. The average molecular weight is 459 g/mol. The molecule has 0 saturated heterocycles. The molecule has 1 atom stereocenters. The fraction of sp³-hybridized carbons (Fsp3) is 0.222. The van der Waals surface area contributed by atoms with E-state index in [2.05, 4.69) is 34.9 Å². The van der Waals surface area contributed by atoms with Crippen molar-refractivity contribution in [1.82, 2.24) is 10.6 Å². The van der Waals surface area contributed by atoms with Gasteiger partial charge in [-0.2, -0.15) is 0 Å². The summed E-state index contributed by atoms with van der Waals surface area (Å²) in [5.41, 5.74) is 5.58. The van der Waals surface area contributed by atoms with Crippen molar-refractivity contribution >= 4 is 18.0 Å². The van der Waals surface area contributed by atoms with E-state index in [0.29, 0.717) is 0 Å². The molecule has 4 rings (SSSR count). The average Bonchev–Trinajstić information content (AvgIpc) is 3.15. The Morgan fingerprint density at radius 3 is 2.09 bits per heavy atom. The first kappa shape index (κ1) is 23.0. The van der Waals surface area contributed by atoms with Gasteiger partial charge in [0.25, 0.3) is 0 Å². The van der Waals surface area contributed by atoms with Gasteiger partial charge >= 0.3 is 12.1 Å². The Bertz CT molecular complexity index is 1160. The molecule has 2 amide bonds. The van der Waals surface area contributed by atoms with Gasteiger partial charge in [-0.15, -0.1) is 0 Å². The number of rotatable bonds is 8. The second kappa shape index (κ2) is 10.2. The first-order chi connectivity index (χ1) is 16.4. The molecule has 0 bridgehead atoms. The number of aromatic carboxylic acids is 1. The molecule has 0 unspecified atom stereocenters. The number of hydrogen-bond donors (Lipinski definition) is 3. The normalized spacial score (nSPS) is 12.9. The van der Waals surface area contributed by atoms with Crippen molar-refractivity contribution in [2.75, 3.05) is 6.61 Å². The van der Waals surface area contributed by atoms with Crippen LogP contribution in [0.5, 0.6) is 0 Å². The van der Waals surface area contributed by atoms with Gasteiger partial charge < -0.3 is 20.5 Å². The molecule has 7 heteroatoms. The number of carbonyl (C=O) groups excluding carboxylic acids is 2. The van der Waals surface area contributed by atoms with Crippen LogP contribution in [-0.2, 0) is 16.1 Å². The standard InChI is InChI=1S/C27H26N2O5/c1-17(14-25(30)28-15-18-10-12-19(13-11-18)26(31)32)29-27(33)34-16-24-22-8-4-2-6-20(22)21-7-3-5-9-23(21)24/h2-13,17,24H,14-16H2,1H3,(H,28,30)(H,29,33)(H,31,32)/t17-/m1/s1. The van der Waals surface area contributed by atoms with E-state index in [1.165, 1.54) is 12.1 Å². The van der Waals surface area contributed by atoms with E-state index in [-0.39, 0.29) is 37.0 Å². The van der Waals surface area contributed by atoms with Gasteiger partial charge in [0.05, 0.1) is 5.56 Å². The van der Waals surface area contributed by atoms with Crippen molar-refractivity contribution in [2.24, 2.45) is 0 Å². The van der Waals surface area contributed by atoms with E-state index >= 15 is 0 Å². The fourth-order valence-corrected chi connectivity index (χ4v) is 4.21. The molecule has 0 aliphatic heterocycles. The minimum absolute atomic E-state index is 0.0238. The second-order valence-corrected chi connectivity index (χ2v) is 8.35. The Labute approximate surface area is 197 Å². The zero-order valence-corrected chi connectivity index (χ0v) is 18.8. The van der Waals surface area contributed by atoms with Crippen LogP contribution in [0, 0.1) is 0 Å². The lowest BCUT2D eigenvalue weighted by Gasteiger charge is -2.17. The van der Waals surface area contributed by atoms with Crippen molar-refractivity contribution in [1.29, 1.82) is 0 Å². The van der Waals surface area contributed by atoms with Crippen LogP contribution >= 0.6 is 0 Å². The van der Waals surface area contributed by atoms with Gasteiger partial charge in [0.2, 0.25) is 5.91 Å². The number of fused-ring (bicyclic) bond motifs is 3. The SMILES string of the molecule is C[C@H](CC(=O)NCc1ccc(C(=O)O)cc1)NC(=O)OCC1c2ccccc2-c2ccccc21. The minimum Gasteiger partial charge on any atom is -0.478 e. The van der Waals surface area contributed by atoms with Crippen molar-refractivity contribution in [3.63, 3.8) is 0 Å². The zero-order valence-electron chi connectivity index (χ0n) is 18.8. The van der Waals surface area contributed by atoms with Gasteiger partial charge in [-0.25, -0.2) is 9.59 Å². The topological polar surface area (TPSA) is 105 Å². The highest BCUT2D eigenvalue weighted by atomic mass is 16.5. The molecule has 3 aromatic carbocycles. The van der Waals surface area contributed by atoms with Crippen LogP contribution in [0.4, 0.5) is 4.79 Å². The second-order valence-electron chi connectivity index (χ2n) is 8.35. The van der Waals surface area contributed by atoms with Gasteiger partial charge in [0, 0.05) is 24.9 Å². The Morgan fingerprint density at radius 2 is 1.50 bits per heavy atom. The summed E-state index contributed by atoms with van der Waals surface area (Å²) in [6.07, 6.45) is -0.469. The molecule has 0 radical (unpaired) electrons. The Balaban J connectivity index is 1.24. The molecule has 7 nitrogen and oxygen atoms in total. The molecule has 0 fully saturated rings. The molecule has 0 spiro atoms. The third-order valence-electron chi connectivity index (χ3n) is 5.89. The zero-order chi connectivity index (χ0) is 24.1. The summed E-state index contributed by atoms with van der Waals surface area (Å²) >= 11 is 0. The first-order valence-electron chi connectivity index (χ1n) is 11.1. The number of nitrogens with one attached hydrogen (secondary N) is 2. The molecule has 0 heterocycles. The number of benzene rings is 3. The summed E-state index contributed by atoms with van der Waals surface area (Å²) in [7, 11) is 0. The monoisotopic (exact) mass is 458 g/mol. The smallest absolute Gasteiger partial charge is 0.407 e. The maximum atomic E-state index is 12.4. The van der Waals surface area contributed by atoms with E-state index in [4.69, 9.17) is 9.84 Å². The molecule has 1 aliphatic carbocycles. The number of ether oxygens (including phenoxy) is 1. The van der Waals surface area contributed by atoms with Gasteiger partial charge in [-0.05, 0) is 46.9 Å². The van der Waals surface area contributed by atoms with Gasteiger partial charge in [-0.1, -0.05) is 60.7 Å². The lowest BCUT2D eigenvalue weighted by molar-refractivity contribution is -0.121. The molecule has 34 heavy (non-hydrogen) atoms. The third-order valence-corrected chi connectivity index (χ3v) is 5.89. The van der Waals surface area contributed by atoms with Gasteiger partial charge in [0.15, 0.2) is 0 Å². The number of amides is 2. The van der Waals surface area contributed by atoms with Crippen molar-refractivity contribution in [3.05, 3.63) is 95.1 Å². The molecule has 1 aliphatic rings.